The Morgan fingerprint density at radius 3 is 2.56 bits per heavy atom. The maximum Gasteiger partial charge on any atom is 0.263 e. The second-order valence-electron chi connectivity index (χ2n) is 8.08. The van der Waals surface area contributed by atoms with E-state index in [0.717, 1.165) is 22.8 Å². The number of sulfonamides is 1. The van der Waals surface area contributed by atoms with Crippen molar-refractivity contribution in [3.8, 4) is 5.88 Å². The van der Waals surface area contributed by atoms with E-state index < -0.39 is 10.0 Å². The number of carbonyl (C=O) groups excluding carboxylic acids is 1. The number of carbonyl (C=O) groups is 1. The highest BCUT2D eigenvalue weighted by Gasteiger charge is 2.44. The zero-order valence-electron chi connectivity index (χ0n) is 18.3. The number of nitrogens with one attached hydrogen (secondary N) is 2. The largest absolute Gasteiger partial charge is 0.481 e. The van der Waals surface area contributed by atoms with Gasteiger partial charge in [-0.25, -0.2) is 18.4 Å². The van der Waals surface area contributed by atoms with Crippen molar-refractivity contribution < 1.29 is 17.9 Å². The molecule has 0 bridgehead atoms. The van der Waals surface area contributed by atoms with E-state index in [0.29, 0.717) is 11.6 Å². The van der Waals surface area contributed by atoms with E-state index in [1.807, 2.05) is 24.3 Å². The summed E-state index contributed by atoms with van der Waals surface area (Å²) < 4.78 is 32.9. The van der Waals surface area contributed by atoms with Gasteiger partial charge in [0.1, 0.15) is 5.82 Å². The SMILES string of the molecule is COc1nccc2cc(NC(=O)[C@@H]3C[C@H]3c3ccc(S(=O)(=O)Nc4ccccn4)cc3)ccc12. The van der Waals surface area contributed by atoms with Crippen LogP contribution in [0.2, 0.25) is 0 Å². The zero-order valence-corrected chi connectivity index (χ0v) is 19.1. The van der Waals surface area contributed by atoms with Crippen LogP contribution in [-0.2, 0) is 14.8 Å². The zero-order chi connectivity index (χ0) is 23.7. The highest BCUT2D eigenvalue weighted by atomic mass is 32.2. The highest BCUT2D eigenvalue weighted by Crippen LogP contribution is 2.48. The molecule has 9 heteroatoms. The minimum atomic E-state index is -3.73. The molecule has 1 amide bonds. The van der Waals surface area contributed by atoms with E-state index in [2.05, 4.69) is 20.0 Å². The molecule has 0 unspecified atom stereocenters. The van der Waals surface area contributed by atoms with Gasteiger partial charge in [0, 0.05) is 29.4 Å². The first-order valence-electron chi connectivity index (χ1n) is 10.7. The Labute approximate surface area is 197 Å². The molecule has 8 nitrogen and oxygen atoms in total. The summed E-state index contributed by atoms with van der Waals surface area (Å²) in [6, 6.07) is 19.1. The molecule has 0 saturated heterocycles. The van der Waals surface area contributed by atoms with Gasteiger partial charge in [-0.2, -0.15) is 0 Å². The van der Waals surface area contributed by atoms with Gasteiger partial charge in [0.15, 0.2) is 0 Å². The first kappa shape index (κ1) is 21.8. The van der Waals surface area contributed by atoms with Crippen LogP contribution in [0.15, 0.2) is 84.0 Å². The topological polar surface area (TPSA) is 110 Å². The van der Waals surface area contributed by atoms with Crippen LogP contribution in [0, 0.1) is 5.92 Å². The van der Waals surface area contributed by atoms with Gasteiger partial charge in [0.2, 0.25) is 11.8 Å². The molecule has 0 radical (unpaired) electrons. The van der Waals surface area contributed by atoms with Gasteiger partial charge in [-0.3, -0.25) is 9.52 Å². The van der Waals surface area contributed by atoms with Gasteiger partial charge < -0.3 is 10.1 Å². The summed E-state index contributed by atoms with van der Waals surface area (Å²) in [4.78, 5) is 21.1. The standard InChI is InChI=1S/C25H22N4O4S/c1-33-25-20-10-7-18(14-17(20)11-13-27-25)28-24(30)22-15-21(22)16-5-8-19(9-6-16)34(31,32)29-23-4-2-3-12-26-23/h2-14,21-22H,15H2,1H3,(H,26,29)(H,28,30)/t21-,22+/m0/s1. The van der Waals surface area contributed by atoms with Gasteiger partial charge in [-0.1, -0.05) is 18.2 Å². The quantitative estimate of drug-likeness (QED) is 0.416. The number of fused-ring (bicyclic) bond motifs is 1. The first-order valence-corrected chi connectivity index (χ1v) is 12.2. The van der Waals surface area contributed by atoms with Gasteiger partial charge in [-0.15, -0.1) is 0 Å². The number of nitrogens with zero attached hydrogens (tertiary/aromatic N) is 2. The molecule has 0 aliphatic heterocycles. The average molecular weight is 475 g/mol. The molecule has 2 atom stereocenters. The number of ether oxygens (including phenoxy) is 1. The Morgan fingerprint density at radius 2 is 1.82 bits per heavy atom. The molecule has 34 heavy (non-hydrogen) atoms. The first-order chi connectivity index (χ1) is 16.4. The Balaban J connectivity index is 1.24. The van der Waals surface area contributed by atoms with Crippen LogP contribution in [0.5, 0.6) is 5.88 Å². The fraction of sp³-hybridized carbons (Fsp3) is 0.160. The number of rotatable bonds is 7. The summed E-state index contributed by atoms with van der Waals surface area (Å²) in [6.07, 6.45) is 3.90. The Hall–Kier alpha value is -3.98. The molecule has 2 aromatic carbocycles. The number of aromatic nitrogens is 2. The van der Waals surface area contributed by atoms with E-state index >= 15 is 0 Å². The smallest absolute Gasteiger partial charge is 0.263 e. The maximum atomic E-state index is 12.8. The fourth-order valence-corrected chi connectivity index (χ4v) is 5.00. The van der Waals surface area contributed by atoms with Crippen molar-refractivity contribution in [2.75, 3.05) is 17.1 Å². The second-order valence-corrected chi connectivity index (χ2v) is 9.77. The lowest BCUT2D eigenvalue weighted by atomic mass is 10.1. The molecule has 172 valence electrons. The minimum Gasteiger partial charge on any atom is -0.481 e. The average Bonchev–Trinajstić information content (AvgIpc) is 3.65. The molecule has 2 N–H and O–H groups in total. The van der Waals surface area contributed by atoms with Crippen molar-refractivity contribution in [3.63, 3.8) is 0 Å². The Bertz CT molecular complexity index is 1460. The summed E-state index contributed by atoms with van der Waals surface area (Å²) in [5.74, 6) is 0.646. The van der Waals surface area contributed by atoms with Crippen LogP contribution in [0.3, 0.4) is 0 Å². The molecule has 1 aliphatic rings. The molecule has 0 spiro atoms. The van der Waals surface area contributed by atoms with Crippen molar-refractivity contribution in [3.05, 3.63) is 84.7 Å². The Morgan fingerprint density at radius 1 is 1.00 bits per heavy atom. The summed E-state index contributed by atoms with van der Waals surface area (Å²) in [5, 5.41) is 4.78. The number of hydrogen-bond acceptors (Lipinski definition) is 6. The molecular weight excluding hydrogens is 452 g/mol. The lowest BCUT2D eigenvalue weighted by molar-refractivity contribution is -0.117. The van der Waals surface area contributed by atoms with E-state index in [9.17, 15) is 13.2 Å². The third-order valence-electron chi connectivity index (χ3n) is 5.84. The van der Waals surface area contributed by atoms with Crippen LogP contribution >= 0.6 is 0 Å². The van der Waals surface area contributed by atoms with Crippen molar-refractivity contribution in [2.45, 2.75) is 17.2 Å². The van der Waals surface area contributed by atoms with E-state index in [1.54, 1.807) is 55.8 Å². The summed E-state index contributed by atoms with van der Waals surface area (Å²) in [5.41, 5.74) is 1.64. The van der Waals surface area contributed by atoms with Crippen LogP contribution < -0.4 is 14.8 Å². The highest BCUT2D eigenvalue weighted by molar-refractivity contribution is 7.92. The van der Waals surface area contributed by atoms with Gasteiger partial charge in [-0.05, 0) is 71.8 Å². The molecule has 1 aliphatic carbocycles. The monoisotopic (exact) mass is 474 g/mol. The van der Waals surface area contributed by atoms with Crippen molar-refractivity contribution in [2.24, 2.45) is 5.92 Å². The summed E-state index contributed by atoms with van der Waals surface area (Å²) in [6.45, 7) is 0. The van der Waals surface area contributed by atoms with Crippen LogP contribution in [0.1, 0.15) is 17.9 Å². The van der Waals surface area contributed by atoms with Crippen molar-refractivity contribution >= 4 is 38.2 Å². The van der Waals surface area contributed by atoms with E-state index in [4.69, 9.17) is 4.74 Å². The van der Waals surface area contributed by atoms with Crippen molar-refractivity contribution in [1.82, 2.24) is 9.97 Å². The number of hydrogen-bond donors (Lipinski definition) is 2. The molecule has 1 saturated carbocycles. The normalized spacial score (nSPS) is 17.2. The second kappa shape index (κ2) is 8.75. The predicted molar refractivity (Wildman–Crippen MR) is 129 cm³/mol. The van der Waals surface area contributed by atoms with Gasteiger partial charge in [0.05, 0.1) is 12.0 Å². The number of amides is 1. The molecule has 1 fully saturated rings. The van der Waals surface area contributed by atoms with Gasteiger partial charge in [0.25, 0.3) is 10.0 Å². The summed E-state index contributed by atoms with van der Waals surface area (Å²) in [7, 11) is -2.16. The number of anilines is 2. The Kier molecular flexibility index (Phi) is 5.62. The molecule has 2 aromatic heterocycles. The van der Waals surface area contributed by atoms with Crippen LogP contribution in [0.25, 0.3) is 10.8 Å². The maximum absolute atomic E-state index is 12.8. The third kappa shape index (κ3) is 4.42. The molecular formula is C25H22N4O4S. The molecule has 4 aromatic rings. The predicted octanol–water partition coefficient (Wildman–Crippen LogP) is 4.18. The lowest BCUT2D eigenvalue weighted by Gasteiger charge is -2.09. The van der Waals surface area contributed by atoms with E-state index in [1.165, 1.54) is 6.20 Å². The minimum absolute atomic E-state index is 0.0566. The van der Waals surface area contributed by atoms with Crippen LogP contribution in [-0.4, -0.2) is 31.4 Å². The number of methoxy groups -OCH3 is 1. The van der Waals surface area contributed by atoms with Crippen LogP contribution in [0.4, 0.5) is 11.5 Å². The summed E-state index contributed by atoms with van der Waals surface area (Å²) >= 11 is 0. The third-order valence-corrected chi connectivity index (χ3v) is 7.21. The lowest BCUT2D eigenvalue weighted by Crippen LogP contribution is -2.15. The fourth-order valence-electron chi connectivity index (χ4n) is 3.99. The van der Waals surface area contributed by atoms with Crippen molar-refractivity contribution in [1.29, 1.82) is 0 Å². The molecule has 2 heterocycles. The molecule has 5 rings (SSSR count). The van der Waals surface area contributed by atoms with E-state index in [-0.39, 0.29) is 28.5 Å². The number of benzene rings is 2. The number of pyridine rings is 2. The van der Waals surface area contributed by atoms with Gasteiger partial charge >= 0.3 is 0 Å².